The van der Waals surface area contributed by atoms with Crippen molar-refractivity contribution in [3.05, 3.63) is 5.89 Å². The first-order valence-corrected chi connectivity index (χ1v) is 6.29. The van der Waals surface area contributed by atoms with Crippen LogP contribution in [-0.4, -0.2) is 38.0 Å². The Morgan fingerprint density at radius 3 is 2.73 bits per heavy atom. The topological polar surface area (TPSA) is 97.1 Å². The molecule has 15 heavy (non-hydrogen) atoms. The van der Waals surface area contributed by atoms with Crippen LogP contribution in [0.1, 0.15) is 5.89 Å². The molecule has 86 valence electrons. The first-order valence-electron chi connectivity index (χ1n) is 4.11. The highest BCUT2D eigenvalue weighted by Crippen LogP contribution is 2.06. The minimum absolute atomic E-state index is 0.0674. The van der Waals surface area contributed by atoms with E-state index in [9.17, 15) is 8.42 Å². The average Bonchev–Trinajstić information content (AvgIpc) is 2.66. The second-order valence-electron chi connectivity index (χ2n) is 2.58. The summed E-state index contributed by atoms with van der Waals surface area (Å²) in [5, 5.41) is 9.87. The van der Waals surface area contributed by atoms with E-state index in [-0.39, 0.29) is 30.1 Å². The lowest BCUT2D eigenvalue weighted by Gasteiger charge is -2.01. The van der Waals surface area contributed by atoms with Gasteiger partial charge in [-0.25, -0.2) is 13.1 Å². The van der Waals surface area contributed by atoms with Gasteiger partial charge < -0.3 is 9.73 Å². The van der Waals surface area contributed by atoms with Crippen LogP contribution in [0.15, 0.2) is 4.42 Å². The van der Waals surface area contributed by atoms with Gasteiger partial charge in [-0.3, -0.25) is 0 Å². The Balaban J connectivity index is 2.38. The number of sulfonamides is 1. The molecule has 0 saturated heterocycles. The van der Waals surface area contributed by atoms with E-state index in [1.807, 2.05) is 0 Å². The van der Waals surface area contributed by atoms with Crippen LogP contribution >= 0.6 is 11.6 Å². The van der Waals surface area contributed by atoms with E-state index in [4.69, 9.17) is 16.0 Å². The molecule has 1 aromatic rings. The standard InChI is InChI=1S/C6H11ClN4O3S/c1-8-15(12,13)3-2-9-6-11-10-5(4-7)14-6/h8H,2-4H2,1H3,(H,9,11). The quantitative estimate of drug-likeness (QED) is 0.681. The van der Waals surface area contributed by atoms with Crippen LogP contribution in [0.4, 0.5) is 6.01 Å². The van der Waals surface area contributed by atoms with Crippen LogP contribution < -0.4 is 10.0 Å². The number of anilines is 1. The number of hydrogen-bond acceptors (Lipinski definition) is 6. The van der Waals surface area contributed by atoms with Gasteiger partial charge in [0.1, 0.15) is 5.88 Å². The van der Waals surface area contributed by atoms with Gasteiger partial charge in [0.25, 0.3) is 0 Å². The van der Waals surface area contributed by atoms with Gasteiger partial charge in [0.2, 0.25) is 15.9 Å². The van der Waals surface area contributed by atoms with Crippen molar-refractivity contribution in [2.75, 3.05) is 24.7 Å². The first kappa shape index (κ1) is 12.2. The maximum absolute atomic E-state index is 11.0. The van der Waals surface area contributed by atoms with Gasteiger partial charge >= 0.3 is 6.01 Å². The van der Waals surface area contributed by atoms with Gasteiger partial charge in [0, 0.05) is 6.54 Å². The van der Waals surface area contributed by atoms with Crippen molar-refractivity contribution in [3.63, 3.8) is 0 Å². The maximum Gasteiger partial charge on any atom is 0.315 e. The Kier molecular flexibility index (Phi) is 4.30. The highest BCUT2D eigenvalue weighted by Gasteiger charge is 2.08. The zero-order valence-electron chi connectivity index (χ0n) is 8.03. The largest absolute Gasteiger partial charge is 0.407 e. The molecule has 0 aliphatic rings. The molecule has 0 atom stereocenters. The second kappa shape index (κ2) is 5.29. The predicted octanol–water partition coefficient (Wildman–Crippen LogP) is -0.231. The molecule has 0 saturated carbocycles. The third-order valence-electron chi connectivity index (χ3n) is 1.54. The number of halogens is 1. The molecule has 0 radical (unpaired) electrons. The molecule has 0 spiro atoms. The number of nitrogens with one attached hydrogen (secondary N) is 2. The summed E-state index contributed by atoms with van der Waals surface area (Å²) in [6.07, 6.45) is 0. The van der Waals surface area contributed by atoms with Crippen molar-refractivity contribution in [1.82, 2.24) is 14.9 Å². The summed E-state index contributed by atoms with van der Waals surface area (Å²) < 4.78 is 29.2. The van der Waals surface area contributed by atoms with Gasteiger partial charge in [0.05, 0.1) is 5.75 Å². The van der Waals surface area contributed by atoms with Gasteiger partial charge in [-0.15, -0.1) is 16.7 Å². The Hall–Kier alpha value is -0.860. The van der Waals surface area contributed by atoms with E-state index in [1.165, 1.54) is 7.05 Å². The molecule has 1 aromatic heterocycles. The van der Waals surface area contributed by atoms with Gasteiger partial charge in [-0.1, -0.05) is 5.10 Å². The number of aromatic nitrogens is 2. The monoisotopic (exact) mass is 254 g/mol. The van der Waals surface area contributed by atoms with E-state index in [2.05, 4.69) is 20.2 Å². The van der Waals surface area contributed by atoms with Crippen molar-refractivity contribution >= 4 is 27.6 Å². The van der Waals surface area contributed by atoms with Crippen molar-refractivity contribution in [3.8, 4) is 0 Å². The molecule has 0 unspecified atom stereocenters. The normalized spacial score (nSPS) is 11.6. The van der Waals surface area contributed by atoms with Crippen molar-refractivity contribution in [2.24, 2.45) is 0 Å². The van der Waals surface area contributed by atoms with Crippen molar-refractivity contribution < 1.29 is 12.8 Å². The van der Waals surface area contributed by atoms with E-state index < -0.39 is 10.0 Å². The van der Waals surface area contributed by atoms with Crippen LogP contribution in [0.25, 0.3) is 0 Å². The lowest BCUT2D eigenvalue weighted by Crippen LogP contribution is -2.26. The first-order chi connectivity index (χ1) is 7.07. The molecule has 1 heterocycles. The molecule has 0 bridgehead atoms. The van der Waals surface area contributed by atoms with Crippen LogP contribution in [0.5, 0.6) is 0 Å². The highest BCUT2D eigenvalue weighted by atomic mass is 35.5. The highest BCUT2D eigenvalue weighted by molar-refractivity contribution is 7.89. The summed E-state index contributed by atoms with van der Waals surface area (Å²) in [4.78, 5) is 0. The summed E-state index contributed by atoms with van der Waals surface area (Å²) in [6.45, 7) is 0.188. The molecule has 7 nitrogen and oxygen atoms in total. The molecule has 0 aliphatic carbocycles. The van der Waals surface area contributed by atoms with Gasteiger partial charge in [-0.05, 0) is 7.05 Å². The molecular weight excluding hydrogens is 244 g/mol. The molecule has 9 heteroatoms. The summed E-state index contributed by atoms with van der Waals surface area (Å²) in [5.74, 6) is 0.349. The fourth-order valence-electron chi connectivity index (χ4n) is 0.773. The van der Waals surface area contributed by atoms with E-state index in [0.717, 1.165) is 0 Å². The average molecular weight is 255 g/mol. The van der Waals surface area contributed by atoms with E-state index >= 15 is 0 Å². The summed E-state index contributed by atoms with van der Waals surface area (Å²) in [5.41, 5.74) is 0. The molecule has 0 aliphatic heterocycles. The third-order valence-corrected chi connectivity index (χ3v) is 3.13. The SMILES string of the molecule is CNS(=O)(=O)CCNc1nnc(CCl)o1. The van der Waals surface area contributed by atoms with Crippen LogP contribution in [0, 0.1) is 0 Å². The summed E-state index contributed by atoms with van der Waals surface area (Å²) in [7, 11) is -1.86. The Morgan fingerprint density at radius 1 is 1.47 bits per heavy atom. The Bertz CT molecular complexity index is 404. The zero-order valence-corrected chi connectivity index (χ0v) is 9.60. The van der Waals surface area contributed by atoms with E-state index in [1.54, 1.807) is 0 Å². The Morgan fingerprint density at radius 2 is 2.20 bits per heavy atom. The molecule has 0 fully saturated rings. The predicted molar refractivity (Wildman–Crippen MR) is 55.2 cm³/mol. The minimum Gasteiger partial charge on any atom is -0.407 e. The lowest BCUT2D eigenvalue weighted by molar-refractivity contribution is 0.526. The Labute approximate surface area is 92.3 Å². The lowest BCUT2D eigenvalue weighted by atomic mass is 10.7. The van der Waals surface area contributed by atoms with Gasteiger partial charge in [-0.2, -0.15) is 0 Å². The van der Waals surface area contributed by atoms with Crippen LogP contribution in [0.2, 0.25) is 0 Å². The second-order valence-corrected chi connectivity index (χ2v) is 4.90. The minimum atomic E-state index is -3.22. The summed E-state index contributed by atoms with van der Waals surface area (Å²) >= 11 is 5.44. The van der Waals surface area contributed by atoms with Gasteiger partial charge in [0.15, 0.2) is 0 Å². The maximum atomic E-state index is 11.0. The number of nitrogens with zero attached hydrogens (tertiary/aromatic N) is 2. The molecule has 0 amide bonds. The van der Waals surface area contributed by atoms with Crippen LogP contribution in [0.3, 0.4) is 0 Å². The van der Waals surface area contributed by atoms with Crippen molar-refractivity contribution in [1.29, 1.82) is 0 Å². The van der Waals surface area contributed by atoms with E-state index in [0.29, 0.717) is 0 Å². The number of alkyl halides is 1. The van der Waals surface area contributed by atoms with Crippen molar-refractivity contribution in [2.45, 2.75) is 5.88 Å². The fourth-order valence-corrected chi connectivity index (χ4v) is 1.46. The smallest absolute Gasteiger partial charge is 0.315 e. The molecule has 1 rings (SSSR count). The molecular formula is C6H11ClN4O3S. The number of hydrogen-bond donors (Lipinski definition) is 2. The molecule has 0 aromatic carbocycles. The third kappa shape index (κ3) is 4.02. The zero-order chi connectivity index (χ0) is 11.3. The summed E-state index contributed by atoms with van der Waals surface area (Å²) in [6, 6.07) is 0.164. The number of rotatable bonds is 6. The molecule has 2 N–H and O–H groups in total. The van der Waals surface area contributed by atoms with Crippen LogP contribution in [-0.2, 0) is 15.9 Å². The fraction of sp³-hybridized carbons (Fsp3) is 0.667.